The number of piperidine rings is 1. The molecule has 11 heavy (non-hydrogen) atoms. The van der Waals surface area contributed by atoms with E-state index in [1.807, 2.05) is 0 Å². The summed E-state index contributed by atoms with van der Waals surface area (Å²) in [6.07, 6.45) is 8.43. The molecule has 2 nitrogen and oxygen atoms in total. The number of rotatable bonds is 2. The Bertz CT molecular complexity index is 148. The molecule has 1 saturated heterocycles. The van der Waals surface area contributed by atoms with Gasteiger partial charge in [0.15, 0.2) is 0 Å². The molecular weight excluding hydrogens is 136 g/mol. The summed E-state index contributed by atoms with van der Waals surface area (Å²) in [6, 6.07) is 0.376. The van der Waals surface area contributed by atoms with E-state index in [9.17, 15) is 0 Å². The minimum atomic E-state index is 0.376. The predicted molar refractivity (Wildman–Crippen MR) is 47.1 cm³/mol. The predicted octanol–water partition coefficient (Wildman–Crippen LogP) is 0.433. The highest BCUT2D eigenvalue weighted by Crippen LogP contribution is 2.07. The first-order valence-electron chi connectivity index (χ1n) is 4.24. The van der Waals surface area contributed by atoms with Gasteiger partial charge in [0.25, 0.3) is 0 Å². The molecule has 0 amide bonds. The molecule has 0 aromatic rings. The second-order valence-corrected chi connectivity index (χ2v) is 3.16. The third-order valence-corrected chi connectivity index (χ3v) is 2.11. The molecule has 1 aliphatic heterocycles. The number of nitrogens with zero attached hydrogens (tertiary/aromatic N) is 1. The van der Waals surface area contributed by atoms with E-state index in [-0.39, 0.29) is 0 Å². The highest BCUT2D eigenvalue weighted by molar-refractivity contribution is 4.86. The molecule has 0 aromatic carbocycles. The number of hydrogen-bond donors (Lipinski definition) is 1. The first-order chi connectivity index (χ1) is 5.33. The van der Waals surface area contributed by atoms with Crippen LogP contribution in [0.5, 0.6) is 0 Å². The molecule has 2 N–H and O–H groups in total. The van der Waals surface area contributed by atoms with E-state index >= 15 is 0 Å². The lowest BCUT2D eigenvalue weighted by atomic mass is 10.1. The Balaban J connectivity index is 2.18. The monoisotopic (exact) mass is 152 g/mol. The van der Waals surface area contributed by atoms with Crippen LogP contribution in [0, 0.1) is 12.3 Å². The maximum atomic E-state index is 5.80. The van der Waals surface area contributed by atoms with E-state index < -0.39 is 0 Å². The lowest BCUT2D eigenvalue weighted by Gasteiger charge is -2.29. The molecule has 1 fully saturated rings. The van der Waals surface area contributed by atoms with Crippen LogP contribution in [0.1, 0.15) is 19.3 Å². The van der Waals surface area contributed by atoms with E-state index in [2.05, 4.69) is 10.8 Å². The van der Waals surface area contributed by atoms with Crippen LogP contribution in [0.4, 0.5) is 0 Å². The Morgan fingerprint density at radius 1 is 1.64 bits per heavy atom. The van der Waals surface area contributed by atoms with Gasteiger partial charge in [-0.05, 0) is 19.4 Å². The molecule has 1 aliphatic rings. The third kappa shape index (κ3) is 2.92. The van der Waals surface area contributed by atoms with Crippen LogP contribution in [-0.2, 0) is 0 Å². The van der Waals surface area contributed by atoms with Crippen molar-refractivity contribution >= 4 is 0 Å². The number of terminal acetylenes is 1. The summed E-state index contributed by atoms with van der Waals surface area (Å²) in [5.74, 6) is 2.65. The Morgan fingerprint density at radius 3 is 3.09 bits per heavy atom. The highest BCUT2D eigenvalue weighted by Gasteiger charge is 2.14. The zero-order valence-corrected chi connectivity index (χ0v) is 6.92. The minimum absolute atomic E-state index is 0.376. The van der Waals surface area contributed by atoms with Gasteiger partial charge >= 0.3 is 0 Å². The molecular formula is C9H16N2. The maximum Gasteiger partial charge on any atom is 0.0214 e. The van der Waals surface area contributed by atoms with Gasteiger partial charge in [-0.15, -0.1) is 12.3 Å². The second kappa shape index (κ2) is 4.38. The number of likely N-dealkylation sites (tertiary alicyclic amines) is 1. The molecule has 0 aromatic heterocycles. The zero-order chi connectivity index (χ0) is 8.10. The summed E-state index contributed by atoms with van der Waals surface area (Å²) >= 11 is 0. The smallest absolute Gasteiger partial charge is 0.0214 e. The van der Waals surface area contributed by atoms with Gasteiger partial charge in [0.2, 0.25) is 0 Å². The fraction of sp³-hybridized carbons (Fsp3) is 0.778. The van der Waals surface area contributed by atoms with Crippen molar-refractivity contribution in [3.05, 3.63) is 0 Å². The van der Waals surface area contributed by atoms with Crippen LogP contribution in [0.25, 0.3) is 0 Å². The van der Waals surface area contributed by atoms with Crippen molar-refractivity contribution in [3.8, 4) is 12.3 Å². The van der Waals surface area contributed by atoms with Crippen LogP contribution >= 0.6 is 0 Å². The fourth-order valence-electron chi connectivity index (χ4n) is 1.52. The molecule has 1 heterocycles. The summed E-state index contributed by atoms with van der Waals surface area (Å²) in [4.78, 5) is 2.36. The molecule has 2 heteroatoms. The van der Waals surface area contributed by atoms with E-state index in [0.717, 1.165) is 19.5 Å². The summed E-state index contributed by atoms with van der Waals surface area (Å²) in [5, 5.41) is 0. The van der Waals surface area contributed by atoms with E-state index in [1.54, 1.807) is 0 Å². The Morgan fingerprint density at radius 2 is 2.45 bits per heavy atom. The average Bonchev–Trinajstić information content (AvgIpc) is 2.01. The molecule has 0 radical (unpaired) electrons. The number of nitrogens with two attached hydrogens (primary N) is 1. The van der Waals surface area contributed by atoms with Gasteiger partial charge in [-0.1, -0.05) is 0 Å². The summed E-state index contributed by atoms with van der Waals surface area (Å²) < 4.78 is 0. The van der Waals surface area contributed by atoms with Crippen LogP contribution in [0.15, 0.2) is 0 Å². The van der Waals surface area contributed by atoms with E-state index in [4.69, 9.17) is 12.2 Å². The van der Waals surface area contributed by atoms with Gasteiger partial charge in [-0.3, -0.25) is 0 Å². The lowest BCUT2D eigenvalue weighted by molar-refractivity contribution is 0.213. The number of hydrogen-bond acceptors (Lipinski definition) is 2. The van der Waals surface area contributed by atoms with Crippen molar-refractivity contribution in [2.24, 2.45) is 5.73 Å². The second-order valence-electron chi connectivity index (χ2n) is 3.16. The van der Waals surface area contributed by atoms with Crippen molar-refractivity contribution in [1.82, 2.24) is 4.90 Å². The van der Waals surface area contributed by atoms with Crippen molar-refractivity contribution in [2.75, 3.05) is 19.6 Å². The molecule has 0 saturated carbocycles. The summed E-state index contributed by atoms with van der Waals surface area (Å²) in [6.45, 7) is 3.22. The van der Waals surface area contributed by atoms with Gasteiger partial charge in [-0.2, -0.15) is 0 Å². The summed E-state index contributed by atoms with van der Waals surface area (Å²) in [5.41, 5.74) is 5.80. The van der Waals surface area contributed by atoms with Crippen LogP contribution in [0.3, 0.4) is 0 Å². The minimum Gasteiger partial charge on any atom is -0.327 e. The maximum absolute atomic E-state index is 5.80. The van der Waals surface area contributed by atoms with Gasteiger partial charge in [0, 0.05) is 25.6 Å². The SMILES string of the molecule is C#CCCN1CCC[C@@H](N)C1. The molecule has 0 unspecified atom stereocenters. The fourth-order valence-corrected chi connectivity index (χ4v) is 1.52. The molecule has 1 rings (SSSR count). The molecule has 1 atom stereocenters. The first-order valence-corrected chi connectivity index (χ1v) is 4.24. The van der Waals surface area contributed by atoms with E-state index in [0.29, 0.717) is 6.04 Å². The lowest BCUT2D eigenvalue weighted by Crippen LogP contribution is -2.42. The Hall–Kier alpha value is -0.520. The van der Waals surface area contributed by atoms with Gasteiger partial charge in [0.1, 0.15) is 0 Å². The van der Waals surface area contributed by atoms with Crippen molar-refractivity contribution in [3.63, 3.8) is 0 Å². The van der Waals surface area contributed by atoms with Gasteiger partial charge < -0.3 is 10.6 Å². The van der Waals surface area contributed by atoms with Gasteiger partial charge in [0.05, 0.1) is 0 Å². The molecule has 0 bridgehead atoms. The zero-order valence-electron chi connectivity index (χ0n) is 6.92. The molecule has 62 valence electrons. The largest absolute Gasteiger partial charge is 0.327 e. The normalized spacial score (nSPS) is 26.4. The van der Waals surface area contributed by atoms with Crippen molar-refractivity contribution in [2.45, 2.75) is 25.3 Å². The summed E-state index contributed by atoms with van der Waals surface area (Å²) in [7, 11) is 0. The quantitative estimate of drug-likeness (QED) is 0.581. The van der Waals surface area contributed by atoms with Crippen molar-refractivity contribution < 1.29 is 0 Å². The Kier molecular flexibility index (Phi) is 3.41. The standard InChI is InChI=1S/C9H16N2/c1-2-3-6-11-7-4-5-9(10)8-11/h1,9H,3-8,10H2/t9-/m1/s1. The first kappa shape index (κ1) is 8.58. The van der Waals surface area contributed by atoms with Gasteiger partial charge in [-0.25, -0.2) is 0 Å². The van der Waals surface area contributed by atoms with Crippen LogP contribution < -0.4 is 5.73 Å². The van der Waals surface area contributed by atoms with Crippen LogP contribution in [0.2, 0.25) is 0 Å². The van der Waals surface area contributed by atoms with Crippen molar-refractivity contribution in [1.29, 1.82) is 0 Å². The average molecular weight is 152 g/mol. The topological polar surface area (TPSA) is 29.3 Å². The third-order valence-electron chi connectivity index (χ3n) is 2.11. The van der Waals surface area contributed by atoms with E-state index in [1.165, 1.54) is 19.4 Å². The van der Waals surface area contributed by atoms with Crippen LogP contribution in [-0.4, -0.2) is 30.6 Å². The Labute approximate surface area is 68.8 Å². The molecule has 0 aliphatic carbocycles. The molecule has 0 spiro atoms. The highest BCUT2D eigenvalue weighted by atomic mass is 15.1.